The van der Waals surface area contributed by atoms with Gasteiger partial charge in [-0.1, -0.05) is 0 Å². The van der Waals surface area contributed by atoms with Crippen molar-refractivity contribution in [3.63, 3.8) is 0 Å². The normalized spacial score (nSPS) is 22.9. The highest BCUT2D eigenvalue weighted by Gasteiger charge is 2.22. The van der Waals surface area contributed by atoms with Gasteiger partial charge in [0.1, 0.15) is 0 Å². The molecule has 19 heavy (non-hydrogen) atoms. The summed E-state index contributed by atoms with van der Waals surface area (Å²) in [5.41, 5.74) is 0. The number of nitrogens with zero attached hydrogens (tertiary/aromatic N) is 2. The number of piperidine rings is 1. The van der Waals surface area contributed by atoms with E-state index in [1.165, 1.54) is 58.4 Å². The van der Waals surface area contributed by atoms with E-state index < -0.39 is 5.97 Å². The molecule has 0 aromatic rings. The maximum atomic E-state index is 10.4. The first-order valence-corrected chi connectivity index (χ1v) is 7.90. The van der Waals surface area contributed by atoms with Crippen molar-refractivity contribution in [3.05, 3.63) is 0 Å². The van der Waals surface area contributed by atoms with E-state index in [1.807, 2.05) is 0 Å². The lowest BCUT2D eigenvalue weighted by molar-refractivity contribution is -0.137. The molecule has 4 heteroatoms. The number of carbonyl (C=O) groups is 1. The quantitative estimate of drug-likeness (QED) is 0.718. The number of hydrogen-bond donors (Lipinski definition) is 1. The summed E-state index contributed by atoms with van der Waals surface area (Å²) in [5.74, 6) is 0.234. The van der Waals surface area contributed by atoms with Gasteiger partial charge >= 0.3 is 5.97 Å². The van der Waals surface area contributed by atoms with Crippen LogP contribution in [0.1, 0.15) is 44.9 Å². The lowest BCUT2D eigenvalue weighted by atomic mass is 9.96. The molecule has 2 fully saturated rings. The van der Waals surface area contributed by atoms with Crippen LogP contribution in [-0.4, -0.2) is 60.1 Å². The van der Waals surface area contributed by atoms with E-state index in [4.69, 9.17) is 5.11 Å². The number of carboxylic acids is 1. The molecular formula is C15H28N2O2. The van der Waals surface area contributed by atoms with Gasteiger partial charge in [0.25, 0.3) is 0 Å². The van der Waals surface area contributed by atoms with Crippen LogP contribution in [0.15, 0.2) is 0 Å². The van der Waals surface area contributed by atoms with Crippen molar-refractivity contribution in [1.29, 1.82) is 0 Å². The molecule has 0 aromatic carbocycles. The fourth-order valence-electron chi connectivity index (χ4n) is 3.33. The Labute approximate surface area is 116 Å². The Morgan fingerprint density at radius 3 is 2.32 bits per heavy atom. The standard InChI is InChI=1S/C15H28N2O2/c18-15(19)5-1-2-8-16-11-6-14(7-12-16)13-17-9-3-4-10-17/h14H,1-13H2,(H,18,19). The molecule has 0 bridgehead atoms. The van der Waals surface area contributed by atoms with Crippen LogP contribution in [-0.2, 0) is 4.79 Å². The molecule has 0 spiro atoms. The molecule has 2 rings (SSSR count). The van der Waals surface area contributed by atoms with Crippen LogP contribution in [0.25, 0.3) is 0 Å². The third-order valence-electron chi connectivity index (χ3n) is 4.54. The summed E-state index contributed by atoms with van der Waals surface area (Å²) >= 11 is 0. The Morgan fingerprint density at radius 2 is 1.68 bits per heavy atom. The second-order valence-electron chi connectivity index (χ2n) is 6.14. The van der Waals surface area contributed by atoms with Crippen LogP contribution >= 0.6 is 0 Å². The third kappa shape index (κ3) is 5.49. The molecule has 1 N–H and O–H groups in total. The van der Waals surface area contributed by atoms with Crippen LogP contribution in [0.5, 0.6) is 0 Å². The highest BCUT2D eigenvalue weighted by molar-refractivity contribution is 5.66. The number of carboxylic acid groups (broad SMARTS) is 1. The van der Waals surface area contributed by atoms with Crippen LogP contribution in [0.3, 0.4) is 0 Å². The van der Waals surface area contributed by atoms with E-state index in [-0.39, 0.29) is 0 Å². The molecule has 0 radical (unpaired) electrons. The molecule has 0 unspecified atom stereocenters. The number of aliphatic carboxylic acids is 1. The first-order valence-electron chi connectivity index (χ1n) is 7.90. The van der Waals surface area contributed by atoms with Crippen molar-refractivity contribution in [2.45, 2.75) is 44.9 Å². The monoisotopic (exact) mass is 268 g/mol. The fraction of sp³-hybridized carbons (Fsp3) is 0.933. The minimum absolute atomic E-state index is 0.325. The van der Waals surface area contributed by atoms with E-state index in [0.29, 0.717) is 6.42 Å². The minimum atomic E-state index is -0.663. The highest BCUT2D eigenvalue weighted by atomic mass is 16.4. The molecule has 2 aliphatic rings. The molecular weight excluding hydrogens is 240 g/mol. The number of likely N-dealkylation sites (tertiary alicyclic amines) is 2. The maximum Gasteiger partial charge on any atom is 0.303 e. The van der Waals surface area contributed by atoms with Crippen molar-refractivity contribution < 1.29 is 9.90 Å². The molecule has 0 aromatic heterocycles. The SMILES string of the molecule is O=C(O)CCCCN1CCC(CN2CCCC2)CC1. The molecule has 4 nitrogen and oxygen atoms in total. The van der Waals surface area contributed by atoms with Gasteiger partial charge in [-0.2, -0.15) is 0 Å². The van der Waals surface area contributed by atoms with Crippen LogP contribution in [0.4, 0.5) is 0 Å². The minimum Gasteiger partial charge on any atom is -0.481 e. The zero-order valence-electron chi connectivity index (χ0n) is 12.0. The number of unbranched alkanes of at least 4 members (excludes halogenated alkanes) is 1. The average Bonchev–Trinajstić information content (AvgIpc) is 2.89. The van der Waals surface area contributed by atoms with Crippen molar-refractivity contribution in [3.8, 4) is 0 Å². The van der Waals surface area contributed by atoms with E-state index in [0.717, 1.165) is 25.3 Å². The Hall–Kier alpha value is -0.610. The summed E-state index contributed by atoms with van der Waals surface area (Å²) in [4.78, 5) is 15.6. The van der Waals surface area contributed by atoms with Gasteiger partial charge in [-0.05, 0) is 77.2 Å². The van der Waals surface area contributed by atoms with Gasteiger partial charge in [0, 0.05) is 13.0 Å². The largest absolute Gasteiger partial charge is 0.481 e. The summed E-state index contributed by atoms with van der Waals surface area (Å²) < 4.78 is 0. The number of hydrogen-bond acceptors (Lipinski definition) is 3. The Bertz CT molecular complexity index is 269. The Morgan fingerprint density at radius 1 is 1.00 bits per heavy atom. The van der Waals surface area contributed by atoms with Gasteiger partial charge in [-0.3, -0.25) is 4.79 Å². The van der Waals surface area contributed by atoms with Gasteiger partial charge in [-0.25, -0.2) is 0 Å². The summed E-state index contributed by atoms with van der Waals surface area (Å²) in [6.07, 6.45) is 7.62. The second-order valence-corrected chi connectivity index (χ2v) is 6.14. The van der Waals surface area contributed by atoms with Crippen molar-refractivity contribution in [1.82, 2.24) is 9.80 Å². The van der Waals surface area contributed by atoms with E-state index >= 15 is 0 Å². The van der Waals surface area contributed by atoms with Gasteiger partial charge in [0.05, 0.1) is 0 Å². The van der Waals surface area contributed by atoms with Crippen molar-refractivity contribution in [2.24, 2.45) is 5.92 Å². The summed E-state index contributed by atoms with van der Waals surface area (Å²) in [6, 6.07) is 0. The number of rotatable bonds is 7. The maximum absolute atomic E-state index is 10.4. The van der Waals surface area contributed by atoms with Crippen molar-refractivity contribution >= 4 is 5.97 Å². The summed E-state index contributed by atoms with van der Waals surface area (Å²) in [7, 11) is 0. The van der Waals surface area contributed by atoms with Crippen molar-refractivity contribution in [2.75, 3.05) is 39.3 Å². The Balaban J connectivity index is 1.53. The zero-order valence-corrected chi connectivity index (χ0v) is 12.0. The predicted octanol–water partition coefficient (Wildman–Crippen LogP) is 2.05. The second kappa shape index (κ2) is 7.85. The van der Waals surface area contributed by atoms with Crippen LogP contribution in [0.2, 0.25) is 0 Å². The van der Waals surface area contributed by atoms with E-state index in [1.54, 1.807) is 0 Å². The van der Waals surface area contributed by atoms with Gasteiger partial charge in [0.2, 0.25) is 0 Å². The molecule has 2 aliphatic heterocycles. The topological polar surface area (TPSA) is 43.8 Å². The molecule has 0 aliphatic carbocycles. The zero-order chi connectivity index (χ0) is 13.5. The third-order valence-corrected chi connectivity index (χ3v) is 4.54. The fourth-order valence-corrected chi connectivity index (χ4v) is 3.33. The summed E-state index contributed by atoms with van der Waals surface area (Å²) in [6.45, 7) is 7.46. The molecule has 2 saturated heterocycles. The average molecular weight is 268 g/mol. The van der Waals surface area contributed by atoms with Gasteiger partial charge in [0.15, 0.2) is 0 Å². The highest BCUT2D eigenvalue weighted by Crippen LogP contribution is 2.20. The molecule has 110 valence electrons. The Kier molecular flexibility index (Phi) is 6.11. The van der Waals surface area contributed by atoms with Crippen LogP contribution in [0, 0.1) is 5.92 Å². The summed E-state index contributed by atoms with van der Waals surface area (Å²) in [5, 5.41) is 8.60. The van der Waals surface area contributed by atoms with Gasteiger partial charge in [-0.15, -0.1) is 0 Å². The first kappa shape index (κ1) is 14.8. The molecule has 0 amide bonds. The van der Waals surface area contributed by atoms with E-state index in [2.05, 4.69) is 9.80 Å². The lowest BCUT2D eigenvalue weighted by Gasteiger charge is -2.33. The van der Waals surface area contributed by atoms with Crippen LogP contribution < -0.4 is 0 Å². The smallest absolute Gasteiger partial charge is 0.303 e. The van der Waals surface area contributed by atoms with Gasteiger partial charge < -0.3 is 14.9 Å². The molecule has 0 atom stereocenters. The molecule has 2 heterocycles. The molecule has 0 saturated carbocycles. The lowest BCUT2D eigenvalue weighted by Crippen LogP contribution is -2.38. The van der Waals surface area contributed by atoms with E-state index in [9.17, 15) is 4.79 Å². The predicted molar refractivity (Wildman–Crippen MR) is 76.3 cm³/mol. The first-order chi connectivity index (χ1) is 9.24.